The van der Waals surface area contributed by atoms with Gasteiger partial charge in [0, 0.05) is 7.05 Å². The Bertz CT molecular complexity index is 877. The number of ether oxygens (including phenoxy) is 1. The number of benzene rings is 2. The Labute approximate surface area is 149 Å². The molecular weight excluding hydrogens is 340 g/mol. The van der Waals surface area contributed by atoms with Gasteiger partial charge in [-0.3, -0.25) is 15.6 Å². The molecule has 0 aliphatic heterocycles. The maximum absolute atomic E-state index is 11.8. The Balaban J connectivity index is 1.73. The van der Waals surface area contributed by atoms with Gasteiger partial charge in [0.25, 0.3) is 5.91 Å². The van der Waals surface area contributed by atoms with Crippen LogP contribution in [0, 0.1) is 0 Å². The minimum absolute atomic E-state index is 0.183. The Kier molecular flexibility index (Phi) is 5.05. The molecule has 0 fully saturated rings. The molecule has 9 heteroatoms. The van der Waals surface area contributed by atoms with Crippen molar-refractivity contribution >= 4 is 34.3 Å². The average Bonchev–Trinajstić information content (AvgIpc) is 3.08. The highest BCUT2D eigenvalue weighted by molar-refractivity contribution is 7.80. The number of aromatic nitrogens is 3. The standard InChI is InChI=1S/C16H16N6O2S/c1-17-16(25)19-18-15(23)10-24-14-9-5-4-8-13(14)22-20-11-6-2-3-7-12(11)21-22/h2-9H,10H2,1H3,(H,18,23)(H2,17,19,25). The van der Waals surface area contributed by atoms with E-state index in [-0.39, 0.29) is 12.5 Å². The van der Waals surface area contributed by atoms with Crippen LogP contribution in [0.15, 0.2) is 48.5 Å². The molecule has 3 rings (SSSR count). The topological polar surface area (TPSA) is 93.1 Å². The zero-order chi connectivity index (χ0) is 17.6. The molecule has 1 amide bonds. The second-order valence-electron chi connectivity index (χ2n) is 4.99. The maximum atomic E-state index is 11.8. The van der Waals surface area contributed by atoms with E-state index in [1.54, 1.807) is 13.1 Å². The summed E-state index contributed by atoms with van der Waals surface area (Å²) in [4.78, 5) is 13.3. The van der Waals surface area contributed by atoms with Crippen LogP contribution < -0.4 is 20.9 Å². The summed E-state index contributed by atoms with van der Waals surface area (Å²) in [6.45, 7) is -0.183. The van der Waals surface area contributed by atoms with Crippen LogP contribution in [0.3, 0.4) is 0 Å². The molecule has 0 unspecified atom stereocenters. The van der Waals surface area contributed by atoms with Gasteiger partial charge in [0.15, 0.2) is 11.7 Å². The smallest absolute Gasteiger partial charge is 0.276 e. The van der Waals surface area contributed by atoms with Crippen LogP contribution in [0.2, 0.25) is 0 Å². The summed E-state index contributed by atoms with van der Waals surface area (Å²) in [5, 5.41) is 11.8. The third-order valence-corrected chi connectivity index (χ3v) is 3.57. The number of para-hydroxylation sites is 2. The fraction of sp³-hybridized carbons (Fsp3) is 0.125. The fourth-order valence-corrected chi connectivity index (χ4v) is 2.13. The van der Waals surface area contributed by atoms with Gasteiger partial charge in [-0.05, 0) is 36.5 Å². The van der Waals surface area contributed by atoms with Gasteiger partial charge in [0.1, 0.15) is 22.5 Å². The SMILES string of the molecule is CNC(=S)NNC(=O)COc1ccccc1-n1nc2ccccc2n1. The summed E-state index contributed by atoms with van der Waals surface area (Å²) < 4.78 is 5.60. The summed E-state index contributed by atoms with van der Waals surface area (Å²) >= 11 is 4.87. The Hall–Kier alpha value is -3.20. The molecular formula is C16H16N6O2S. The predicted molar refractivity (Wildman–Crippen MR) is 97.3 cm³/mol. The average molecular weight is 356 g/mol. The van der Waals surface area contributed by atoms with Gasteiger partial charge in [-0.15, -0.1) is 15.0 Å². The first-order valence-electron chi connectivity index (χ1n) is 7.48. The van der Waals surface area contributed by atoms with Crippen LogP contribution >= 0.6 is 12.2 Å². The number of hydrogen-bond acceptors (Lipinski definition) is 5. The molecule has 8 nitrogen and oxygen atoms in total. The van der Waals surface area contributed by atoms with Crippen molar-refractivity contribution in [3.8, 4) is 11.4 Å². The summed E-state index contributed by atoms with van der Waals surface area (Å²) in [6, 6.07) is 14.8. The minimum atomic E-state index is -0.369. The van der Waals surface area contributed by atoms with Crippen LogP contribution in [-0.4, -0.2) is 39.7 Å². The fourth-order valence-electron chi connectivity index (χ4n) is 2.08. The van der Waals surface area contributed by atoms with E-state index in [0.29, 0.717) is 16.5 Å². The normalized spacial score (nSPS) is 10.3. The second kappa shape index (κ2) is 7.58. The van der Waals surface area contributed by atoms with Crippen molar-refractivity contribution in [1.29, 1.82) is 0 Å². The van der Waals surface area contributed by atoms with E-state index in [4.69, 9.17) is 17.0 Å². The highest BCUT2D eigenvalue weighted by Gasteiger charge is 2.11. The second-order valence-corrected chi connectivity index (χ2v) is 5.40. The van der Waals surface area contributed by atoms with Crippen LogP contribution in [0.25, 0.3) is 16.7 Å². The van der Waals surface area contributed by atoms with Crippen molar-refractivity contribution in [3.05, 3.63) is 48.5 Å². The lowest BCUT2D eigenvalue weighted by atomic mass is 10.3. The highest BCUT2D eigenvalue weighted by atomic mass is 32.1. The monoisotopic (exact) mass is 356 g/mol. The molecule has 2 aromatic carbocycles. The first kappa shape index (κ1) is 16.7. The van der Waals surface area contributed by atoms with Crippen molar-refractivity contribution < 1.29 is 9.53 Å². The zero-order valence-electron chi connectivity index (χ0n) is 13.4. The zero-order valence-corrected chi connectivity index (χ0v) is 14.2. The largest absolute Gasteiger partial charge is 0.481 e. The van der Waals surface area contributed by atoms with E-state index < -0.39 is 0 Å². The van der Waals surface area contributed by atoms with Gasteiger partial charge in [0.05, 0.1) is 0 Å². The van der Waals surface area contributed by atoms with Gasteiger partial charge < -0.3 is 10.1 Å². The van der Waals surface area contributed by atoms with E-state index >= 15 is 0 Å². The van der Waals surface area contributed by atoms with Gasteiger partial charge >= 0.3 is 0 Å². The van der Waals surface area contributed by atoms with Gasteiger partial charge in [-0.1, -0.05) is 24.3 Å². The molecule has 0 aliphatic rings. The van der Waals surface area contributed by atoms with Crippen LogP contribution in [0.1, 0.15) is 0 Å². The molecule has 0 spiro atoms. The van der Waals surface area contributed by atoms with Gasteiger partial charge in [-0.2, -0.15) is 0 Å². The van der Waals surface area contributed by atoms with Crippen molar-refractivity contribution in [2.45, 2.75) is 0 Å². The Morgan fingerprint density at radius 1 is 1.08 bits per heavy atom. The summed E-state index contributed by atoms with van der Waals surface area (Å²) in [5.74, 6) is 0.125. The minimum Gasteiger partial charge on any atom is -0.481 e. The number of hydrogen-bond donors (Lipinski definition) is 3. The van der Waals surface area contributed by atoms with Crippen molar-refractivity contribution in [3.63, 3.8) is 0 Å². The highest BCUT2D eigenvalue weighted by Crippen LogP contribution is 2.22. The number of rotatable bonds is 4. The molecule has 0 bridgehead atoms. The maximum Gasteiger partial charge on any atom is 0.276 e. The molecule has 0 saturated carbocycles. The lowest BCUT2D eigenvalue weighted by Gasteiger charge is -2.11. The molecule has 1 aromatic heterocycles. The lowest BCUT2D eigenvalue weighted by molar-refractivity contribution is -0.123. The third-order valence-electron chi connectivity index (χ3n) is 3.27. The number of amides is 1. The first-order chi connectivity index (χ1) is 12.2. The molecule has 0 saturated heterocycles. The van der Waals surface area contributed by atoms with E-state index in [1.807, 2.05) is 42.5 Å². The van der Waals surface area contributed by atoms with Crippen LogP contribution in [0.4, 0.5) is 0 Å². The Morgan fingerprint density at radius 2 is 1.72 bits per heavy atom. The van der Waals surface area contributed by atoms with Crippen LogP contribution in [-0.2, 0) is 4.79 Å². The molecule has 25 heavy (non-hydrogen) atoms. The number of thiocarbonyl (C=S) groups is 1. The summed E-state index contributed by atoms with van der Waals surface area (Å²) in [7, 11) is 1.65. The van der Waals surface area contributed by atoms with Crippen LogP contribution in [0.5, 0.6) is 5.75 Å². The molecule has 1 heterocycles. The molecule has 0 radical (unpaired) electrons. The number of fused-ring (bicyclic) bond motifs is 1. The number of nitrogens with one attached hydrogen (secondary N) is 3. The van der Waals surface area contributed by atoms with Crippen molar-refractivity contribution in [2.75, 3.05) is 13.7 Å². The van der Waals surface area contributed by atoms with Crippen molar-refractivity contribution in [1.82, 2.24) is 31.2 Å². The predicted octanol–water partition coefficient (Wildman–Crippen LogP) is 0.924. The molecule has 0 aliphatic carbocycles. The summed E-state index contributed by atoms with van der Waals surface area (Å²) in [5.41, 5.74) is 7.17. The number of carbonyl (C=O) groups excluding carboxylic acids is 1. The van der Waals surface area contributed by atoms with E-state index in [0.717, 1.165) is 11.0 Å². The molecule has 3 N–H and O–H groups in total. The first-order valence-corrected chi connectivity index (χ1v) is 7.89. The molecule has 3 aromatic rings. The quantitative estimate of drug-likeness (QED) is 0.473. The van der Waals surface area contributed by atoms with Crippen molar-refractivity contribution in [2.24, 2.45) is 0 Å². The Morgan fingerprint density at radius 3 is 2.40 bits per heavy atom. The number of carbonyl (C=O) groups is 1. The third kappa shape index (κ3) is 4.01. The lowest BCUT2D eigenvalue weighted by Crippen LogP contribution is -2.47. The summed E-state index contributed by atoms with van der Waals surface area (Å²) in [6.07, 6.45) is 0. The van der Waals surface area contributed by atoms with E-state index in [2.05, 4.69) is 26.4 Å². The number of hydrazine groups is 1. The number of nitrogens with zero attached hydrogens (tertiary/aromatic N) is 3. The van der Waals surface area contributed by atoms with E-state index in [9.17, 15) is 4.79 Å². The van der Waals surface area contributed by atoms with Gasteiger partial charge in [0.2, 0.25) is 0 Å². The molecule has 128 valence electrons. The molecule has 0 atom stereocenters. The van der Waals surface area contributed by atoms with E-state index in [1.165, 1.54) is 4.80 Å². The van der Waals surface area contributed by atoms with Gasteiger partial charge in [-0.25, -0.2) is 0 Å².